The van der Waals surface area contributed by atoms with Crippen molar-refractivity contribution in [3.05, 3.63) is 9.66 Å². The van der Waals surface area contributed by atoms with Crippen LogP contribution in [0.3, 0.4) is 0 Å². The first-order valence-corrected chi connectivity index (χ1v) is 5.05. The summed E-state index contributed by atoms with van der Waals surface area (Å²) in [5.41, 5.74) is 0. The number of alkyl halides is 2. The Hall–Kier alpha value is -0.240. The van der Waals surface area contributed by atoms with Gasteiger partial charge in [0.25, 0.3) is 0 Å². The lowest BCUT2D eigenvalue weighted by Gasteiger charge is -2.10. The molecular formula is C8H11F2IO3. The zero-order valence-corrected chi connectivity index (χ0v) is 9.75. The third-order valence-electron chi connectivity index (χ3n) is 1.24. The molecule has 0 amide bonds. The van der Waals surface area contributed by atoms with Crippen LogP contribution in [0.15, 0.2) is 9.66 Å². The van der Waals surface area contributed by atoms with Gasteiger partial charge in [0.05, 0.1) is 6.61 Å². The molecule has 6 heteroatoms. The number of aliphatic hydroxyl groups is 1. The maximum Gasteiger partial charge on any atom is 0.381 e. The Kier molecular flexibility index (Phi) is 6.17. The Labute approximate surface area is 94.3 Å². The maximum atomic E-state index is 12.9. The standard InChI is InChI=1S/C8H11F2IO3/c1-2-14-7(13)8(9,10)5-6(11)3-4-12/h5,12H,2-4H2,1H3. The van der Waals surface area contributed by atoms with E-state index in [0.717, 1.165) is 0 Å². The summed E-state index contributed by atoms with van der Waals surface area (Å²) in [6.07, 6.45) is 0.608. The minimum Gasteiger partial charge on any atom is -0.461 e. The lowest BCUT2D eigenvalue weighted by Crippen LogP contribution is -2.28. The van der Waals surface area contributed by atoms with Gasteiger partial charge in [-0.05, 0) is 33.1 Å². The number of hydrogen-bond acceptors (Lipinski definition) is 3. The molecule has 0 aliphatic rings. The van der Waals surface area contributed by atoms with Gasteiger partial charge >= 0.3 is 11.9 Å². The zero-order valence-electron chi connectivity index (χ0n) is 7.60. The van der Waals surface area contributed by atoms with E-state index in [-0.39, 0.29) is 23.2 Å². The van der Waals surface area contributed by atoms with Crippen LogP contribution in [0.1, 0.15) is 13.3 Å². The second-order valence-corrected chi connectivity index (χ2v) is 3.79. The van der Waals surface area contributed by atoms with Crippen LogP contribution in [0.2, 0.25) is 0 Å². The van der Waals surface area contributed by atoms with Gasteiger partial charge in [-0.1, -0.05) is 0 Å². The highest BCUT2D eigenvalue weighted by atomic mass is 127. The molecule has 3 nitrogen and oxygen atoms in total. The summed E-state index contributed by atoms with van der Waals surface area (Å²) in [5.74, 6) is -5.17. The van der Waals surface area contributed by atoms with Crippen LogP contribution in [-0.4, -0.2) is 30.2 Å². The van der Waals surface area contributed by atoms with Gasteiger partial charge in [-0.3, -0.25) is 0 Å². The van der Waals surface area contributed by atoms with Crippen molar-refractivity contribution in [2.75, 3.05) is 13.2 Å². The molecule has 0 fully saturated rings. The quantitative estimate of drug-likeness (QED) is 0.622. The number of ether oxygens (including phenoxy) is 1. The molecule has 0 saturated heterocycles. The van der Waals surface area contributed by atoms with E-state index >= 15 is 0 Å². The van der Waals surface area contributed by atoms with Crippen LogP contribution < -0.4 is 0 Å². The predicted octanol–water partition coefficient (Wildman–Crippen LogP) is 1.89. The van der Waals surface area contributed by atoms with E-state index in [1.165, 1.54) is 6.92 Å². The van der Waals surface area contributed by atoms with E-state index in [1.54, 1.807) is 22.6 Å². The van der Waals surface area contributed by atoms with Crippen molar-refractivity contribution in [3.8, 4) is 0 Å². The van der Waals surface area contributed by atoms with Crippen LogP contribution >= 0.6 is 22.6 Å². The molecule has 0 bridgehead atoms. The third-order valence-corrected chi connectivity index (χ3v) is 2.09. The first-order valence-electron chi connectivity index (χ1n) is 3.97. The second kappa shape index (κ2) is 6.28. The van der Waals surface area contributed by atoms with Gasteiger partial charge in [-0.15, -0.1) is 0 Å². The molecule has 0 aromatic heterocycles. The minimum atomic E-state index is -3.61. The van der Waals surface area contributed by atoms with Gasteiger partial charge in [0.1, 0.15) is 0 Å². The number of aliphatic hydroxyl groups excluding tert-OH is 1. The summed E-state index contributed by atoms with van der Waals surface area (Å²) < 4.78 is 30.3. The van der Waals surface area contributed by atoms with Crippen molar-refractivity contribution in [1.82, 2.24) is 0 Å². The van der Waals surface area contributed by atoms with Gasteiger partial charge in [0, 0.05) is 19.1 Å². The second-order valence-electron chi connectivity index (χ2n) is 2.41. The summed E-state index contributed by atoms with van der Waals surface area (Å²) in [6.45, 7) is 1.14. The molecule has 0 aliphatic heterocycles. The van der Waals surface area contributed by atoms with E-state index in [9.17, 15) is 13.6 Å². The molecule has 1 N–H and O–H groups in total. The summed E-state index contributed by atoms with van der Waals surface area (Å²) in [4.78, 5) is 10.7. The molecule has 0 atom stereocenters. The number of carbonyl (C=O) groups excluding carboxylic acids is 1. The number of esters is 1. The van der Waals surface area contributed by atoms with Crippen LogP contribution in [0.4, 0.5) is 8.78 Å². The van der Waals surface area contributed by atoms with Crippen molar-refractivity contribution < 1.29 is 23.4 Å². The monoisotopic (exact) mass is 320 g/mol. The molecule has 0 aliphatic carbocycles. The van der Waals surface area contributed by atoms with Crippen molar-refractivity contribution in [1.29, 1.82) is 0 Å². The van der Waals surface area contributed by atoms with E-state index in [4.69, 9.17) is 5.11 Å². The average Bonchev–Trinajstić information content (AvgIpc) is 2.03. The fourth-order valence-electron chi connectivity index (χ4n) is 0.662. The number of carbonyl (C=O) groups is 1. The molecule has 0 spiro atoms. The number of rotatable bonds is 5. The van der Waals surface area contributed by atoms with Gasteiger partial charge < -0.3 is 9.84 Å². The topological polar surface area (TPSA) is 46.5 Å². The third kappa shape index (κ3) is 4.85. The molecule has 0 unspecified atom stereocenters. The molecule has 0 saturated carbocycles. The van der Waals surface area contributed by atoms with Gasteiger partial charge in [0.2, 0.25) is 0 Å². The summed E-state index contributed by atoms with van der Waals surface area (Å²) in [6, 6.07) is 0. The Morgan fingerprint density at radius 1 is 1.64 bits per heavy atom. The lowest BCUT2D eigenvalue weighted by molar-refractivity contribution is -0.164. The van der Waals surface area contributed by atoms with Gasteiger partial charge in [0.15, 0.2) is 0 Å². The Morgan fingerprint density at radius 2 is 2.21 bits per heavy atom. The SMILES string of the molecule is CCOC(=O)C(F)(F)C=C(I)CCO. The first kappa shape index (κ1) is 13.8. The molecule has 0 aromatic rings. The highest BCUT2D eigenvalue weighted by molar-refractivity contribution is 14.1. The molecule has 0 heterocycles. The smallest absolute Gasteiger partial charge is 0.381 e. The van der Waals surface area contributed by atoms with Crippen LogP contribution in [0, 0.1) is 0 Å². The van der Waals surface area contributed by atoms with Crippen molar-refractivity contribution in [2.24, 2.45) is 0 Å². The maximum absolute atomic E-state index is 12.9. The van der Waals surface area contributed by atoms with Crippen LogP contribution in [-0.2, 0) is 9.53 Å². The summed E-state index contributed by atoms with van der Waals surface area (Å²) in [5, 5.41) is 8.47. The number of hydrogen-bond donors (Lipinski definition) is 1. The summed E-state index contributed by atoms with van der Waals surface area (Å²) in [7, 11) is 0. The fraction of sp³-hybridized carbons (Fsp3) is 0.625. The van der Waals surface area contributed by atoms with Crippen molar-refractivity contribution in [2.45, 2.75) is 19.3 Å². The van der Waals surface area contributed by atoms with Gasteiger partial charge in [-0.25, -0.2) is 4.79 Å². The lowest BCUT2D eigenvalue weighted by atomic mass is 10.3. The van der Waals surface area contributed by atoms with E-state index < -0.39 is 11.9 Å². The van der Waals surface area contributed by atoms with E-state index in [2.05, 4.69) is 4.74 Å². The van der Waals surface area contributed by atoms with Crippen LogP contribution in [0.5, 0.6) is 0 Å². The predicted molar refractivity (Wildman–Crippen MR) is 55.4 cm³/mol. The Morgan fingerprint density at radius 3 is 2.64 bits per heavy atom. The molecule has 0 rings (SSSR count). The van der Waals surface area contributed by atoms with E-state index in [0.29, 0.717) is 6.08 Å². The molecule has 0 radical (unpaired) electrons. The van der Waals surface area contributed by atoms with Gasteiger partial charge in [-0.2, -0.15) is 8.78 Å². The Bertz CT molecular complexity index is 229. The largest absolute Gasteiger partial charge is 0.461 e. The van der Waals surface area contributed by atoms with E-state index in [1.807, 2.05) is 0 Å². The highest BCUT2D eigenvalue weighted by Gasteiger charge is 2.38. The first-order chi connectivity index (χ1) is 6.44. The zero-order chi connectivity index (χ0) is 11.2. The minimum absolute atomic E-state index is 0.0845. The molecule has 14 heavy (non-hydrogen) atoms. The number of halogens is 3. The molecular weight excluding hydrogens is 309 g/mol. The Balaban J connectivity index is 4.45. The van der Waals surface area contributed by atoms with Crippen LogP contribution in [0.25, 0.3) is 0 Å². The molecule has 0 aromatic carbocycles. The normalized spacial score (nSPS) is 12.8. The fourth-order valence-corrected chi connectivity index (χ4v) is 1.29. The summed E-state index contributed by atoms with van der Waals surface area (Å²) >= 11 is 1.64. The van der Waals surface area contributed by atoms with Crippen molar-refractivity contribution in [3.63, 3.8) is 0 Å². The molecule has 82 valence electrons. The average molecular weight is 320 g/mol. The highest BCUT2D eigenvalue weighted by Crippen LogP contribution is 2.23. The van der Waals surface area contributed by atoms with Crippen molar-refractivity contribution >= 4 is 28.6 Å².